The van der Waals surface area contributed by atoms with E-state index in [4.69, 9.17) is 0 Å². The number of aromatic nitrogens is 3. The van der Waals surface area contributed by atoms with E-state index in [9.17, 15) is 13.2 Å². The van der Waals surface area contributed by atoms with Crippen LogP contribution in [0, 0.1) is 0 Å². The van der Waals surface area contributed by atoms with Crippen LogP contribution < -0.4 is 10.0 Å². The van der Waals surface area contributed by atoms with E-state index in [1.54, 1.807) is 13.0 Å². The lowest BCUT2D eigenvalue weighted by molar-refractivity contribution is -0.115. The van der Waals surface area contributed by atoms with Crippen LogP contribution in [0.3, 0.4) is 0 Å². The van der Waals surface area contributed by atoms with Gasteiger partial charge in [-0.3, -0.25) is 9.52 Å². The van der Waals surface area contributed by atoms with Gasteiger partial charge in [0.15, 0.2) is 0 Å². The summed E-state index contributed by atoms with van der Waals surface area (Å²) >= 11 is 0.808. The maximum Gasteiger partial charge on any atom is 0.291 e. The average molecular weight is 430 g/mol. The molecule has 0 radical (unpaired) electrons. The molecule has 0 fully saturated rings. The molecule has 0 aliphatic rings. The Morgan fingerprint density at radius 2 is 1.83 bits per heavy atom. The summed E-state index contributed by atoms with van der Waals surface area (Å²) in [4.78, 5) is 11.5. The number of fused-ring (bicyclic) bond motifs is 3. The number of carbonyl (C=O) groups is 1. The molecule has 0 aliphatic carbocycles. The van der Waals surface area contributed by atoms with E-state index in [1.807, 2.05) is 30.3 Å². The molecule has 0 aliphatic heterocycles. The maximum atomic E-state index is 12.7. The van der Waals surface area contributed by atoms with Crippen LogP contribution in [0.25, 0.3) is 21.8 Å². The molecule has 2 aromatic heterocycles. The van der Waals surface area contributed by atoms with Crippen molar-refractivity contribution in [3.63, 3.8) is 0 Å². The fraction of sp³-hybridized carbons (Fsp3) is 0.211. The molecule has 10 heteroatoms. The molecule has 0 atom stereocenters. The third-order valence-electron chi connectivity index (χ3n) is 4.54. The first-order chi connectivity index (χ1) is 13.9. The topological polar surface area (TPSA) is 106 Å². The summed E-state index contributed by atoms with van der Waals surface area (Å²) in [6.45, 7) is 4.58. The maximum absolute atomic E-state index is 12.7. The Balaban J connectivity index is 1.68. The van der Waals surface area contributed by atoms with Crippen LogP contribution >= 0.6 is 11.3 Å². The highest BCUT2D eigenvalue weighted by Gasteiger charge is 2.21. The van der Waals surface area contributed by atoms with Crippen LogP contribution in [-0.2, 0) is 21.4 Å². The number of amides is 1. The zero-order chi connectivity index (χ0) is 20.6. The first-order valence-corrected chi connectivity index (χ1v) is 11.4. The van der Waals surface area contributed by atoms with Crippen LogP contribution in [0.5, 0.6) is 0 Å². The molecule has 8 nitrogen and oxygen atoms in total. The number of aryl methyl sites for hydroxylation is 1. The zero-order valence-electron chi connectivity index (χ0n) is 15.8. The Kier molecular flexibility index (Phi) is 4.97. The fourth-order valence-electron chi connectivity index (χ4n) is 3.23. The number of carbonyl (C=O) groups excluding carboxylic acids is 1. The molecule has 4 aromatic rings. The number of nitrogens with zero attached hydrogens (tertiary/aromatic N) is 3. The Morgan fingerprint density at radius 3 is 2.59 bits per heavy atom. The van der Waals surface area contributed by atoms with Gasteiger partial charge < -0.3 is 9.88 Å². The lowest BCUT2D eigenvalue weighted by Crippen LogP contribution is -2.12. The van der Waals surface area contributed by atoms with Crippen molar-refractivity contribution in [2.45, 2.75) is 31.2 Å². The minimum Gasteiger partial charge on any atom is -0.341 e. The predicted molar refractivity (Wildman–Crippen MR) is 115 cm³/mol. The first-order valence-electron chi connectivity index (χ1n) is 9.10. The largest absolute Gasteiger partial charge is 0.341 e. The van der Waals surface area contributed by atoms with Gasteiger partial charge in [0.2, 0.25) is 11.0 Å². The van der Waals surface area contributed by atoms with Crippen molar-refractivity contribution in [1.82, 2.24) is 14.8 Å². The molecule has 1 amide bonds. The molecule has 0 bridgehead atoms. The number of sulfonamides is 1. The van der Waals surface area contributed by atoms with Gasteiger partial charge in [0.25, 0.3) is 14.4 Å². The molecule has 0 unspecified atom stereocenters. The van der Waals surface area contributed by atoms with Crippen LogP contribution in [0.1, 0.15) is 20.3 Å². The van der Waals surface area contributed by atoms with Gasteiger partial charge in [-0.25, -0.2) is 0 Å². The molecule has 4 rings (SSSR count). The summed E-state index contributed by atoms with van der Waals surface area (Å²) in [7, 11) is -3.92. The second-order valence-electron chi connectivity index (χ2n) is 6.37. The lowest BCUT2D eigenvalue weighted by Gasteiger charge is -2.06. The van der Waals surface area contributed by atoms with Gasteiger partial charge in [0.05, 0.1) is 0 Å². The highest BCUT2D eigenvalue weighted by Crippen LogP contribution is 2.32. The number of hydrogen-bond acceptors (Lipinski definition) is 6. The average Bonchev–Trinajstić information content (AvgIpc) is 3.30. The molecule has 2 heterocycles. The number of nitrogens with one attached hydrogen (secondary N) is 2. The Bertz CT molecular complexity index is 1320. The van der Waals surface area contributed by atoms with E-state index < -0.39 is 10.0 Å². The summed E-state index contributed by atoms with van der Waals surface area (Å²) < 4.78 is 30.0. The van der Waals surface area contributed by atoms with E-state index in [2.05, 4.69) is 37.8 Å². The quantitative estimate of drug-likeness (QED) is 0.453. The van der Waals surface area contributed by atoms with E-state index in [0.29, 0.717) is 5.69 Å². The Labute approximate surface area is 171 Å². The number of rotatable bonds is 6. The first kappa shape index (κ1) is 19.3. The minimum absolute atomic E-state index is 0.152. The predicted octanol–water partition coefficient (Wildman–Crippen LogP) is 3.82. The van der Waals surface area contributed by atoms with Crippen molar-refractivity contribution < 1.29 is 13.2 Å². The standard InChI is InChI=1S/C19H19N5O3S2/c1-3-17(25)20-18-21-22-19(28-18)29(26,27)23-12-9-10-16-14(11-12)13-7-5-6-8-15(13)24(16)4-2/h5-11,23H,3-4H2,1-2H3,(H,20,21,25). The lowest BCUT2D eigenvalue weighted by atomic mass is 10.1. The zero-order valence-corrected chi connectivity index (χ0v) is 17.5. The molecule has 150 valence electrons. The van der Waals surface area contributed by atoms with Crippen molar-refractivity contribution in [3.05, 3.63) is 42.5 Å². The summed E-state index contributed by atoms with van der Waals surface area (Å²) in [5, 5.41) is 12.1. The fourth-order valence-corrected chi connectivity index (χ4v) is 5.20. The van der Waals surface area contributed by atoms with Gasteiger partial charge in [-0.05, 0) is 31.2 Å². The Hall–Kier alpha value is -2.98. The number of hydrogen-bond donors (Lipinski definition) is 2. The van der Waals surface area contributed by atoms with Crippen LogP contribution in [0.2, 0.25) is 0 Å². The van der Waals surface area contributed by atoms with Crippen molar-refractivity contribution in [2.75, 3.05) is 10.0 Å². The van der Waals surface area contributed by atoms with Crippen molar-refractivity contribution in [3.8, 4) is 0 Å². The van der Waals surface area contributed by atoms with E-state index in [0.717, 1.165) is 39.7 Å². The number of para-hydroxylation sites is 1. The number of benzene rings is 2. The minimum atomic E-state index is -3.92. The van der Waals surface area contributed by atoms with Crippen molar-refractivity contribution >= 4 is 59.9 Å². The summed E-state index contributed by atoms with van der Waals surface area (Å²) in [6, 6.07) is 13.5. The smallest absolute Gasteiger partial charge is 0.291 e. The third kappa shape index (κ3) is 3.56. The molecule has 0 saturated heterocycles. The van der Waals surface area contributed by atoms with E-state index >= 15 is 0 Å². The second kappa shape index (κ2) is 7.45. The SMILES string of the molecule is CCC(=O)Nc1nnc(S(=O)(=O)Nc2ccc3c(c2)c2ccccc2n3CC)s1. The second-order valence-corrected chi connectivity index (χ2v) is 9.21. The van der Waals surface area contributed by atoms with Gasteiger partial charge in [-0.1, -0.05) is 36.5 Å². The molecule has 0 saturated carbocycles. The van der Waals surface area contributed by atoms with Crippen LogP contribution in [-0.4, -0.2) is 29.1 Å². The monoisotopic (exact) mass is 429 g/mol. The summed E-state index contributed by atoms with van der Waals surface area (Å²) in [6.07, 6.45) is 0.269. The molecular formula is C19H19N5O3S2. The van der Waals surface area contributed by atoms with Gasteiger partial charge in [0.1, 0.15) is 0 Å². The summed E-state index contributed by atoms with van der Waals surface area (Å²) in [5.74, 6) is -0.254. The Morgan fingerprint density at radius 1 is 1.07 bits per heavy atom. The molecule has 2 aromatic carbocycles. The summed E-state index contributed by atoms with van der Waals surface area (Å²) in [5.41, 5.74) is 2.58. The van der Waals surface area contributed by atoms with E-state index in [1.165, 1.54) is 0 Å². The van der Waals surface area contributed by atoms with Gasteiger partial charge >= 0.3 is 0 Å². The van der Waals surface area contributed by atoms with Crippen LogP contribution in [0.15, 0.2) is 46.8 Å². The highest BCUT2D eigenvalue weighted by atomic mass is 32.2. The normalized spacial score (nSPS) is 11.8. The third-order valence-corrected chi connectivity index (χ3v) is 7.13. The van der Waals surface area contributed by atoms with Gasteiger partial charge in [-0.2, -0.15) is 8.42 Å². The molecule has 2 N–H and O–H groups in total. The molecule has 29 heavy (non-hydrogen) atoms. The molecule has 0 spiro atoms. The van der Waals surface area contributed by atoms with Gasteiger partial charge in [-0.15, -0.1) is 10.2 Å². The molecular weight excluding hydrogens is 410 g/mol. The number of anilines is 2. The van der Waals surface area contributed by atoms with Crippen LogP contribution in [0.4, 0.5) is 10.8 Å². The van der Waals surface area contributed by atoms with Crippen molar-refractivity contribution in [1.29, 1.82) is 0 Å². The van der Waals surface area contributed by atoms with Gasteiger partial charge in [0, 0.05) is 40.5 Å². The van der Waals surface area contributed by atoms with E-state index in [-0.39, 0.29) is 21.8 Å². The van der Waals surface area contributed by atoms with Crippen molar-refractivity contribution in [2.24, 2.45) is 0 Å². The highest BCUT2D eigenvalue weighted by molar-refractivity contribution is 7.94.